The number of carbonyl (C=O) groups is 1. The Morgan fingerprint density at radius 2 is 2.14 bits per heavy atom. The van der Waals surface area contributed by atoms with E-state index in [1.807, 2.05) is 18.2 Å². The van der Waals surface area contributed by atoms with Gasteiger partial charge in [-0.3, -0.25) is 4.79 Å². The van der Waals surface area contributed by atoms with Crippen molar-refractivity contribution in [3.8, 4) is 0 Å². The first-order valence-electron chi connectivity index (χ1n) is 6.58. The maximum atomic E-state index is 11.9. The van der Waals surface area contributed by atoms with Gasteiger partial charge in [-0.1, -0.05) is 23.7 Å². The summed E-state index contributed by atoms with van der Waals surface area (Å²) in [5.41, 5.74) is 0.929. The van der Waals surface area contributed by atoms with E-state index in [9.17, 15) is 4.79 Å². The standard InChI is InChI=1S/C15H12ClN3O3/c16-11-4-1-3-10(7-11)8-13-18-19-15(22-13)14(20)17-9-12-5-2-6-21-12/h1-7H,8-9H2,(H,17,20). The molecule has 0 saturated carbocycles. The van der Waals surface area contributed by atoms with Crippen molar-refractivity contribution >= 4 is 17.5 Å². The van der Waals surface area contributed by atoms with Gasteiger partial charge in [0.15, 0.2) is 0 Å². The minimum absolute atomic E-state index is 0.0800. The van der Waals surface area contributed by atoms with E-state index in [4.69, 9.17) is 20.4 Å². The van der Waals surface area contributed by atoms with Crippen LogP contribution in [-0.4, -0.2) is 16.1 Å². The Hall–Kier alpha value is -2.60. The third kappa shape index (κ3) is 3.53. The molecular weight excluding hydrogens is 306 g/mol. The zero-order valence-electron chi connectivity index (χ0n) is 11.5. The molecule has 22 heavy (non-hydrogen) atoms. The molecule has 3 aromatic rings. The first-order chi connectivity index (χ1) is 10.7. The molecule has 7 heteroatoms. The average Bonchev–Trinajstić information content (AvgIpc) is 3.16. The Balaban J connectivity index is 1.61. The van der Waals surface area contributed by atoms with Gasteiger partial charge in [0.2, 0.25) is 5.89 Å². The quantitative estimate of drug-likeness (QED) is 0.782. The summed E-state index contributed by atoms with van der Waals surface area (Å²) in [6, 6.07) is 10.8. The van der Waals surface area contributed by atoms with E-state index < -0.39 is 5.91 Å². The lowest BCUT2D eigenvalue weighted by atomic mass is 10.1. The average molecular weight is 318 g/mol. The number of furan rings is 1. The highest BCUT2D eigenvalue weighted by Crippen LogP contribution is 2.14. The van der Waals surface area contributed by atoms with Crippen molar-refractivity contribution in [2.45, 2.75) is 13.0 Å². The second kappa shape index (κ2) is 6.44. The maximum absolute atomic E-state index is 11.9. The van der Waals surface area contributed by atoms with Gasteiger partial charge in [0, 0.05) is 5.02 Å². The Bertz CT molecular complexity index is 768. The first kappa shape index (κ1) is 14.3. The van der Waals surface area contributed by atoms with Crippen LogP contribution in [0.5, 0.6) is 0 Å². The van der Waals surface area contributed by atoms with Crippen LogP contribution in [0.2, 0.25) is 5.02 Å². The normalized spacial score (nSPS) is 10.6. The van der Waals surface area contributed by atoms with E-state index in [2.05, 4.69) is 15.5 Å². The summed E-state index contributed by atoms with van der Waals surface area (Å²) in [5.74, 6) is 0.474. The molecule has 0 aliphatic heterocycles. The van der Waals surface area contributed by atoms with Crippen LogP contribution in [0.15, 0.2) is 51.5 Å². The van der Waals surface area contributed by atoms with Crippen molar-refractivity contribution in [3.05, 3.63) is 70.8 Å². The van der Waals surface area contributed by atoms with Crippen LogP contribution < -0.4 is 5.32 Å². The second-order valence-electron chi connectivity index (χ2n) is 4.57. The Morgan fingerprint density at radius 1 is 1.23 bits per heavy atom. The minimum atomic E-state index is -0.443. The molecule has 0 unspecified atom stereocenters. The number of hydrogen-bond acceptors (Lipinski definition) is 5. The third-order valence-electron chi connectivity index (χ3n) is 2.91. The van der Waals surface area contributed by atoms with Gasteiger partial charge in [-0.15, -0.1) is 10.2 Å². The Labute approximate surface area is 131 Å². The molecular formula is C15H12ClN3O3. The predicted molar refractivity (Wildman–Crippen MR) is 78.4 cm³/mol. The van der Waals surface area contributed by atoms with Crippen molar-refractivity contribution in [2.75, 3.05) is 0 Å². The summed E-state index contributed by atoms with van der Waals surface area (Å²) in [6.07, 6.45) is 1.95. The van der Waals surface area contributed by atoms with Crippen LogP contribution in [0.1, 0.15) is 27.9 Å². The lowest BCUT2D eigenvalue weighted by molar-refractivity contribution is 0.0911. The van der Waals surface area contributed by atoms with E-state index in [-0.39, 0.29) is 12.4 Å². The summed E-state index contributed by atoms with van der Waals surface area (Å²) >= 11 is 5.92. The molecule has 0 bridgehead atoms. The molecule has 2 aromatic heterocycles. The van der Waals surface area contributed by atoms with Gasteiger partial charge in [0.05, 0.1) is 19.2 Å². The number of rotatable bonds is 5. The first-order valence-corrected chi connectivity index (χ1v) is 6.96. The highest BCUT2D eigenvalue weighted by atomic mass is 35.5. The van der Waals surface area contributed by atoms with Crippen LogP contribution in [-0.2, 0) is 13.0 Å². The topological polar surface area (TPSA) is 81.2 Å². The lowest BCUT2D eigenvalue weighted by Gasteiger charge is -1.99. The summed E-state index contributed by atoms with van der Waals surface area (Å²) in [7, 11) is 0. The van der Waals surface area contributed by atoms with Crippen molar-refractivity contribution in [1.82, 2.24) is 15.5 Å². The number of carbonyl (C=O) groups excluding carboxylic acids is 1. The molecule has 2 heterocycles. The van der Waals surface area contributed by atoms with E-state index >= 15 is 0 Å². The molecule has 0 fully saturated rings. The van der Waals surface area contributed by atoms with Crippen LogP contribution in [0.3, 0.4) is 0 Å². The van der Waals surface area contributed by atoms with Crippen molar-refractivity contribution in [1.29, 1.82) is 0 Å². The van der Waals surface area contributed by atoms with Crippen LogP contribution >= 0.6 is 11.6 Å². The molecule has 1 amide bonds. The zero-order chi connectivity index (χ0) is 15.4. The minimum Gasteiger partial charge on any atom is -0.467 e. The van der Waals surface area contributed by atoms with Crippen molar-refractivity contribution in [2.24, 2.45) is 0 Å². The summed E-state index contributed by atoms with van der Waals surface area (Å²) in [5, 5.41) is 10.9. The smallest absolute Gasteiger partial charge is 0.309 e. The van der Waals surface area contributed by atoms with Crippen LogP contribution in [0, 0.1) is 0 Å². The van der Waals surface area contributed by atoms with Crippen LogP contribution in [0.25, 0.3) is 0 Å². The van der Waals surface area contributed by atoms with Crippen molar-refractivity contribution < 1.29 is 13.6 Å². The molecule has 6 nitrogen and oxygen atoms in total. The van der Waals surface area contributed by atoms with E-state index in [1.54, 1.807) is 18.2 Å². The molecule has 0 aliphatic rings. The lowest BCUT2D eigenvalue weighted by Crippen LogP contribution is -2.22. The van der Waals surface area contributed by atoms with Crippen molar-refractivity contribution in [3.63, 3.8) is 0 Å². The maximum Gasteiger partial charge on any atom is 0.309 e. The second-order valence-corrected chi connectivity index (χ2v) is 5.01. The molecule has 1 N–H and O–H groups in total. The number of benzene rings is 1. The van der Waals surface area contributed by atoms with Gasteiger partial charge in [0.25, 0.3) is 0 Å². The monoisotopic (exact) mass is 317 g/mol. The number of nitrogens with one attached hydrogen (secondary N) is 1. The molecule has 0 atom stereocenters. The number of aromatic nitrogens is 2. The van der Waals surface area contributed by atoms with Crippen LogP contribution in [0.4, 0.5) is 0 Å². The van der Waals surface area contributed by atoms with Gasteiger partial charge < -0.3 is 14.2 Å². The fourth-order valence-corrected chi connectivity index (χ4v) is 2.11. The van der Waals surface area contributed by atoms with E-state index in [1.165, 1.54) is 6.26 Å². The van der Waals surface area contributed by atoms with E-state index in [0.29, 0.717) is 23.1 Å². The summed E-state index contributed by atoms with van der Waals surface area (Å²) in [6.45, 7) is 0.262. The molecule has 0 radical (unpaired) electrons. The Morgan fingerprint density at radius 3 is 2.91 bits per heavy atom. The highest BCUT2D eigenvalue weighted by molar-refractivity contribution is 6.30. The molecule has 0 aliphatic carbocycles. The molecule has 3 rings (SSSR count). The van der Waals surface area contributed by atoms with Gasteiger partial charge in [-0.05, 0) is 29.8 Å². The summed E-state index contributed by atoms with van der Waals surface area (Å²) in [4.78, 5) is 11.9. The zero-order valence-corrected chi connectivity index (χ0v) is 12.2. The molecule has 1 aromatic carbocycles. The number of nitrogens with zero attached hydrogens (tertiary/aromatic N) is 2. The SMILES string of the molecule is O=C(NCc1ccco1)c1nnc(Cc2cccc(Cl)c2)o1. The largest absolute Gasteiger partial charge is 0.467 e. The predicted octanol–water partition coefficient (Wildman–Crippen LogP) is 2.84. The highest BCUT2D eigenvalue weighted by Gasteiger charge is 2.15. The van der Waals surface area contributed by atoms with Gasteiger partial charge in [-0.2, -0.15) is 0 Å². The van der Waals surface area contributed by atoms with Gasteiger partial charge in [-0.25, -0.2) is 0 Å². The summed E-state index contributed by atoms with van der Waals surface area (Å²) < 4.78 is 10.5. The number of halogens is 1. The molecule has 112 valence electrons. The Kier molecular flexibility index (Phi) is 4.20. The number of hydrogen-bond donors (Lipinski definition) is 1. The number of amides is 1. The molecule has 0 saturated heterocycles. The fraction of sp³-hybridized carbons (Fsp3) is 0.133. The third-order valence-corrected chi connectivity index (χ3v) is 3.14. The molecule has 0 spiro atoms. The van der Waals surface area contributed by atoms with Gasteiger partial charge >= 0.3 is 11.8 Å². The van der Waals surface area contributed by atoms with E-state index in [0.717, 1.165) is 5.56 Å². The fourth-order valence-electron chi connectivity index (χ4n) is 1.89. The van der Waals surface area contributed by atoms with Gasteiger partial charge in [0.1, 0.15) is 5.76 Å².